The van der Waals surface area contributed by atoms with Gasteiger partial charge in [-0.25, -0.2) is 18.1 Å². The van der Waals surface area contributed by atoms with Crippen LogP contribution < -0.4 is 4.72 Å². The molecule has 1 N–H and O–H groups in total. The average Bonchev–Trinajstić information content (AvgIpc) is 2.28. The summed E-state index contributed by atoms with van der Waals surface area (Å²) in [5.74, 6) is 0. The molecule has 5 nitrogen and oxygen atoms in total. The van der Waals surface area contributed by atoms with Crippen molar-refractivity contribution in [2.45, 2.75) is 11.8 Å². The molecule has 0 saturated heterocycles. The Hall–Kier alpha value is -0.400. The molecular formula is C9H12Cl2N2O3S. The van der Waals surface area contributed by atoms with Crippen LogP contribution in [0, 0.1) is 0 Å². The summed E-state index contributed by atoms with van der Waals surface area (Å²) in [4.78, 5) is 3.65. The molecule has 0 aromatic carbocycles. The third-order valence-corrected chi connectivity index (χ3v) is 3.94. The minimum Gasteiger partial charge on any atom is -0.380 e. The molecule has 1 heterocycles. The third-order valence-electron chi connectivity index (χ3n) is 1.82. The second-order valence-corrected chi connectivity index (χ2v) is 5.57. The van der Waals surface area contributed by atoms with E-state index in [0.29, 0.717) is 13.2 Å². The first kappa shape index (κ1) is 14.7. The number of sulfonamides is 1. The topological polar surface area (TPSA) is 68.3 Å². The Labute approximate surface area is 110 Å². The fourth-order valence-electron chi connectivity index (χ4n) is 1.03. The normalized spacial score (nSPS) is 11.7. The van der Waals surface area contributed by atoms with Gasteiger partial charge in [0.15, 0.2) is 0 Å². The fourth-order valence-corrected chi connectivity index (χ4v) is 2.34. The summed E-state index contributed by atoms with van der Waals surface area (Å²) in [6.45, 7) is 2.87. The second kappa shape index (κ2) is 6.51. The van der Waals surface area contributed by atoms with Crippen LogP contribution in [0.3, 0.4) is 0 Å². The lowest BCUT2D eigenvalue weighted by atomic mass is 10.5. The first-order valence-electron chi connectivity index (χ1n) is 4.86. The molecule has 8 heteroatoms. The van der Waals surface area contributed by atoms with Gasteiger partial charge in [0.05, 0.1) is 11.6 Å². The summed E-state index contributed by atoms with van der Waals surface area (Å²) in [6.07, 6.45) is 1.15. The standard InChI is InChI=1S/C9H12Cl2N2O3S/c1-2-16-4-3-13-17(14,15)7-5-8(10)9(11)12-6-7/h5-6,13H,2-4H2,1H3. The number of nitrogens with zero attached hydrogens (tertiary/aromatic N) is 1. The molecule has 0 unspecified atom stereocenters. The molecule has 1 rings (SSSR count). The zero-order valence-electron chi connectivity index (χ0n) is 9.11. The van der Waals surface area contributed by atoms with E-state index >= 15 is 0 Å². The van der Waals surface area contributed by atoms with Gasteiger partial charge < -0.3 is 4.74 Å². The highest BCUT2D eigenvalue weighted by molar-refractivity contribution is 7.89. The number of aromatic nitrogens is 1. The van der Waals surface area contributed by atoms with E-state index < -0.39 is 10.0 Å². The van der Waals surface area contributed by atoms with Gasteiger partial charge in [0.25, 0.3) is 0 Å². The van der Waals surface area contributed by atoms with Crippen molar-refractivity contribution in [2.24, 2.45) is 0 Å². The molecule has 0 saturated carbocycles. The van der Waals surface area contributed by atoms with Gasteiger partial charge in [-0.3, -0.25) is 0 Å². The van der Waals surface area contributed by atoms with Crippen molar-refractivity contribution in [3.8, 4) is 0 Å². The maximum atomic E-state index is 11.8. The molecule has 0 fully saturated rings. The molecule has 0 atom stereocenters. The van der Waals surface area contributed by atoms with E-state index in [0.717, 1.165) is 6.20 Å². The first-order chi connectivity index (χ1) is 7.97. The SMILES string of the molecule is CCOCCNS(=O)(=O)c1cnc(Cl)c(Cl)c1. The van der Waals surface area contributed by atoms with Crippen LogP contribution >= 0.6 is 23.2 Å². The van der Waals surface area contributed by atoms with Gasteiger partial charge >= 0.3 is 0 Å². The van der Waals surface area contributed by atoms with Crippen molar-refractivity contribution < 1.29 is 13.2 Å². The summed E-state index contributed by atoms with van der Waals surface area (Å²) in [7, 11) is -3.62. The lowest BCUT2D eigenvalue weighted by molar-refractivity contribution is 0.153. The molecule has 17 heavy (non-hydrogen) atoms. The maximum Gasteiger partial charge on any atom is 0.242 e. The van der Waals surface area contributed by atoms with E-state index in [-0.39, 0.29) is 21.6 Å². The monoisotopic (exact) mass is 298 g/mol. The Morgan fingerprint density at radius 3 is 2.76 bits per heavy atom. The van der Waals surface area contributed by atoms with Crippen LogP contribution in [-0.4, -0.2) is 33.2 Å². The van der Waals surface area contributed by atoms with Crippen LogP contribution in [0.25, 0.3) is 0 Å². The van der Waals surface area contributed by atoms with Crippen molar-refractivity contribution in [1.82, 2.24) is 9.71 Å². The number of hydrogen-bond acceptors (Lipinski definition) is 4. The predicted molar refractivity (Wildman–Crippen MR) is 65.9 cm³/mol. The predicted octanol–water partition coefficient (Wildman–Crippen LogP) is 1.70. The molecule has 0 aliphatic rings. The van der Waals surface area contributed by atoms with Crippen molar-refractivity contribution >= 4 is 33.2 Å². The van der Waals surface area contributed by atoms with Crippen LogP contribution in [0.5, 0.6) is 0 Å². The van der Waals surface area contributed by atoms with Gasteiger partial charge in [-0.1, -0.05) is 23.2 Å². The lowest BCUT2D eigenvalue weighted by Gasteiger charge is -2.07. The summed E-state index contributed by atoms with van der Waals surface area (Å²) >= 11 is 11.3. The van der Waals surface area contributed by atoms with Gasteiger partial charge in [0.2, 0.25) is 10.0 Å². The average molecular weight is 299 g/mol. The molecule has 96 valence electrons. The number of ether oxygens (including phenoxy) is 1. The smallest absolute Gasteiger partial charge is 0.242 e. The quantitative estimate of drug-likeness (QED) is 0.641. The number of rotatable bonds is 6. The van der Waals surface area contributed by atoms with Gasteiger partial charge in [-0.15, -0.1) is 0 Å². The zero-order chi connectivity index (χ0) is 12.9. The highest BCUT2D eigenvalue weighted by Crippen LogP contribution is 2.21. The van der Waals surface area contributed by atoms with Crippen LogP contribution in [0.4, 0.5) is 0 Å². The van der Waals surface area contributed by atoms with Crippen molar-refractivity contribution in [2.75, 3.05) is 19.8 Å². The van der Waals surface area contributed by atoms with E-state index in [9.17, 15) is 8.42 Å². The summed E-state index contributed by atoms with van der Waals surface area (Å²) in [5, 5.41) is 0.166. The van der Waals surface area contributed by atoms with E-state index in [1.54, 1.807) is 0 Å². The molecule has 0 aliphatic heterocycles. The van der Waals surface area contributed by atoms with Crippen LogP contribution in [0.1, 0.15) is 6.92 Å². The number of halogens is 2. The van der Waals surface area contributed by atoms with Crippen LogP contribution in [-0.2, 0) is 14.8 Å². The first-order valence-corrected chi connectivity index (χ1v) is 7.09. The van der Waals surface area contributed by atoms with Crippen molar-refractivity contribution in [3.05, 3.63) is 22.4 Å². The Kier molecular flexibility index (Phi) is 5.61. The Morgan fingerprint density at radius 2 is 2.18 bits per heavy atom. The van der Waals surface area contributed by atoms with E-state index in [2.05, 4.69) is 9.71 Å². The van der Waals surface area contributed by atoms with Crippen LogP contribution in [0.15, 0.2) is 17.2 Å². The molecule has 1 aromatic heterocycles. The van der Waals surface area contributed by atoms with E-state index in [1.165, 1.54) is 6.07 Å². The van der Waals surface area contributed by atoms with Gasteiger partial charge in [-0.05, 0) is 13.0 Å². The summed E-state index contributed by atoms with van der Waals surface area (Å²) in [5.41, 5.74) is 0. The summed E-state index contributed by atoms with van der Waals surface area (Å²) in [6, 6.07) is 1.25. The second-order valence-electron chi connectivity index (χ2n) is 3.04. The maximum absolute atomic E-state index is 11.8. The minimum atomic E-state index is -3.62. The molecule has 0 bridgehead atoms. The largest absolute Gasteiger partial charge is 0.380 e. The number of nitrogens with one attached hydrogen (secondary N) is 1. The molecule has 1 aromatic rings. The Morgan fingerprint density at radius 1 is 1.47 bits per heavy atom. The highest BCUT2D eigenvalue weighted by Gasteiger charge is 2.15. The summed E-state index contributed by atoms with van der Waals surface area (Å²) < 4.78 is 30.9. The molecular weight excluding hydrogens is 287 g/mol. The van der Waals surface area contributed by atoms with E-state index in [4.69, 9.17) is 27.9 Å². The number of hydrogen-bond donors (Lipinski definition) is 1. The van der Waals surface area contributed by atoms with Gasteiger partial charge in [0, 0.05) is 19.3 Å². The Bertz CT molecular complexity index is 479. The minimum absolute atomic E-state index is 0.0246. The molecule has 0 spiro atoms. The van der Waals surface area contributed by atoms with Gasteiger partial charge in [0.1, 0.15) is 10.0 Å². The van der Waals surface area contributed by atoms with Crippen molar-refractivity contribution in [1.29, 1.82) is 0 Å². The lowest BCUT2D eigenvalue weighted by Crippen LogP contribution is -2.27. The highest BCUT2D eigenvalue weighted by atomic mass is 35.5. The van der Waals surface area contributed by atoms with Gasteiger partial charge in [-0.2, -0.15) is 0 Å². The van der Waals surface area contributed by atoms with E-state index in [1.807, 2.05) is 6.92 Å². The fraction of sp³-hybridized carbons (Fsp3) is 0.444. The Balaban J connectivity index is 2.72. The number of pyridine rings is 1. The molecule has 0 amide bonds. The third kappa shape index (κ3) is 4.40. The van der Waals surface area contributed by atoms with Crippen LogP contribution in [0.2, 0.25) is 10.2 Å². The molecule has 0 radical (unpaired) electrons. The zero-order valence-corrected chi connectivity index (χ0v) is 11.4. The molecule has 0 aliphatic carbocycles. The van der Waals surface area contributed by atoms with Crippen molar-refractivity contribution in [3.63, 3.8) is 0 Å².